The Labute approximate surface area is 86.6 Å². The zero-order valence-corrected chi connectivity index (χ0v) is 9.11. The molecule has 0 amide bonds. The number of nitrogens with zero attached hydrogens (tertiary/aromatic N) is 1. The molecule has 0 spiro atoms. The first-order chi connectivity index (χ1) is 6.86. The van der Waals surface area contributed by atoms with Crippen LogP contribution in [0.15, 0.2) is 0 Å². The second kappa shape index (κ2) is 3.49. The zero-order valence-electron chi connectivity index (χ0n) is 9.11. The largest absolute Gasteiger partial charge is 0.362 e. The third kappa shape index (κ3) is 1.31. The molecule has 3 aliphatic rings. The van der Waals surface area contributed by atoms with Crippen LogP contribution in [-0.2, 0) is 4.74 Å². The topological polar surface area (TPSA) is 12.5 Å². The molecule has 0 N–H and O–H groups in total. The molecule has 2 heterocycles. The van der Waals surface area contributed by atoms with E-state index in [1.807, 2.05) is 0 Å². The second-order valence-electron chi connectivity index (χ2n) is 5.29. The average molecular weight is 195 g/mol. The molecule has 3 rings (SSSR count). The number of hydrogen-bond donors (Lipinski definition) is 0. The Bertz CT molecular complexity index is 216. The van der Waals surface area contributed by atoms with Crippen molar-refractivity contribution < 1.29 is 4.74 Å². The maximum absolute atomic E-state index is 5.97. The lowest BCUT2D eigenvalue weighted by atomic mass is 9.85. The van der Waals surface area contributed by atoms with Crippen molar-refractivity contribution in [1.29, 1.82) is 0 Å². The van der Waals surface area contributed by atoms with Crippen molar-refractivity contribution in [1.82, 2.24) is 4.90 Å². The molecule has 0 aromatic rings. The van der Waals surface area contributed by atoms with E-state index >= 15 is 0 Å². The van der Waals surface area contributed by atoms with Crippen LogP contribution >= 0.6 is 0 Å². The standard InChI is InChI=1S/C12H21NO/c1-9-4-2-6-11-10-5-3-7-12(10)14-8-13(9)11/h9-12H,2-8H2,1H3/t9-,10-,11+,12+/m1/s1. The van der Waals surface area contributed by atoms with Crippen LogP contribution in [0, 0.1) is 5.92 Å². The van der Waals surface area contributed by atoms with Crippen LogP contribution < -0.4 is 0 Å². The summed E-state index contributed by atoms with van der Waals surface area (Å²) in [5.74, 6) is 0.867. The SMILES string of the molecule is C[C@@H]1CCC[C@H]2[C@H]3CCC[C@@H]3OCN12. The van der Waals surface area contributed by atoms with Gasteiger partial charge in [0.05, 0.1) is 12.8 Å². The van der Waals surface area contributed by atoms with E-state index in [4.69, 9.17) is 4.74 Å². The lowest BCUT2D eigenvalue weighted by molar-refractivity contribution is -0.148. The number of rotatable bonds is 0. The summed E-state index contributed by atoms with van der Waals surface area (Å²) >= 11 is 0. The molecule has 1 aliphatic carbocycles. The van der Waals surface area contributed by atoms with Gasteiger partial charge in [0.25, 0.3) is 0 Å². The van der Waals surface area contributed by atoms with Gasteiger partial charge in [-0.1, -0.05) is 12.8 Å². The molecule has 1 saturated carbocycles. The summed E-state index contributed by atoms with van der Waals surface area (Å²) in [6, 6.07) is 1.62. The van der Waals surface area contributed by atoms with Crippen LogP contribution in [0.2, 0.25) is 0 Å². The summed E-state index contributed by atoms with van der Waals surface area (Å²) in [6.45, 7) is 3.28. The third-order valence-corrected chi connectivity index (χ3v) is 4.55. The number of ether oxygens (including phenoxy) is 1. The Morgan fingerprint density at radius 3 is 2.86 bits per heavy atom. The van der Waals surface area contributed by atoms with E-state index in [9.17, 15) is 0 Å². The predicted molar refractivity (Wildman–Crippen MR) is 56.0 cm³/mol. The van der Waals surface area contributed by atoms with Gasteiger partial charge in [-0.25, -0.2) is 0 Å². The first-order valence-corrected chi connectivity index (χ1v) is 6.23. The van der Waals surface area contributed by atoms with Crippen molar-refractivity contribution in [2.45, 2.75) is 63.6 Å². The molecule has 4 atom stereocenters. The van der Waals surface area contributed by atoms with Gasteiger partial charge in [-0.05, 0) is 32.6 Å². The second-order valence-corrected chi connectivity index (χ2v) is 5.29. The molecular weight excluding hydrogens is 174 g/mol. The maximum Gasteiger partial charge on any atom is 0.0998 e. The minimum absolute atomic E-state index is 0.613. The van der Waals surface area contributed by atoms with Crippen molar-refractivity contribution in [3.05, 3.63) is 0 Å². The number of piperidine rings is 1. The molecule has 0 aromatic carbocycles. The maximum atomic E-state index is 5.97. The highest BCUT2D eigenvalue weighted by Crippen LogP contribution is 2.41. The van der Waals surface area contributed by atoms with Crippen LogP contribution in [0.5, 0.6) is 0 Å². The fourth-order valence-corrected chi connectivity index (χ4v) is 3.75. The van der Waals surface area contributed by atoms with E-state index < -0.39 is 0 Å². The van der Waals surface area contributed by atoms with Crippen LogP contribution in [0.4, 0.5) is 0 Å². The highest BCUT2D eigenvalue weighted by Gasteiger charge is 2.43. The fraction of sp³-hybridized carbons (Fsp3) is 1.00. The van der Waals surface area contributed by atoms with Crippen molar-refractivity contribution in [2.24, 2.45) is 5.92 Å². The van der Waals surface area contributed by atoms with Crippen LogP contribution in [-0.4, -0.2) is 29.8 Å². The molecule has 0 radical (unpaired) electrons. The quantitative estimate of drug-likeness (QED) is 0.588. The van der Waals surface area contributed by atoms with Gasteiger partial charge < -0.3 is 4.74 Å². The highest BCUT2D eigenvalue weighted by molar-refractivity contribution is 4.95. The fourth-order valence-electron chi connectivity index (χ4n) is 3.75. The van der Waals surface area contributed by atoms with Crippen molar-refractivity contribution in [3.8, 4) is 0 Å². The minimum atomic E-state index is 0.613. The molecule has 3 fully saturated rings. The highest BCUT2D eigenvalue weighted by atomic mass is 16.5. The Hall–Kier alpha value is -0.0800. The van der Waals surface area contributed by atoms with Crippen LogP contribution in [0.1, 0.15) is 45.4 Å². The van der Waals surface area contributed by atoms with Crippen LogP contribution in [0.3, 0.4) is 0 Å². The van der Waals surface area contributed by atoms with Crippen molar-refractivity contribution in [2.75, 3.05) is 6.73 Å². The Morgan fingerprint density at radius 1 is 1.07 bits per heavy atom. The van der Waals surface area contributed by atoms with Gasteiger partial charge in [0, 0.05) is 18.0 Å². The van der Waals surface area contributed by atoms with E-state index in [1.54, 1.807) is 0 Å². The van der Waals surface area contributed by atoms with E-state index in [-0.39, 0.29) is 0 Å². The lowest BCUT2D eigenvalue weighted by Crippen LogP contribution is -2.55. The molecule has 2 heteroatoms. The van der Waals surface area contributed by atoms with E-state index in [0.29, 0.717) is 6.10 Å². The molecule has 0 bridgehead atoms. The van der Waals surface area contributed by atoms with Crippen LogP contribution in [0.25, 0.3) is 0 Å². The Balaban J connectivity index is 1.79. The molecule has 14 heavy (non-hydrogen) atoms. The molecule has 80 valence electrons. The van der Waals surface area contributed by atoms with Gasteiger partial charge in [-0.3, -0.25) is 4.90 Å². The Kier molecular flexibility index (Phi) is 2.29. The zero-order chi connectivity index (χ0) is 9.54. The summed E-state index contributed by atoms with van der Waals surface area (Å²) in [7, 11) is 0. The van der Waals surface area contributed by atoms with Crippen molar-refractivity contribution >= 4 is 0 Å². The van der Waals surface area contributed by atoms with Gasteiger partial charge in [0.15, 0.2) is 0 Å². The van der Waals surface area contributed by atoms with E-state index in [1.165, 1.54) is 38.5 Å². The molecule has 2 saturated heterocycles. The van der Waals surface area contributed by atoms with Gasteiger partial charge in [-0.15, -0.1) is 0 Å². The van der Waals surface area contributed by atoms with Crippen molar-refractivity contribution in [3.63, 3.8) is 0 Å². The molecular formula is C12H21NO. The summed E-state index contributed by atoms with van der Waals surface area (Å²) < 4.78 is 5.97. The first-order valence-electron chi connectivity index (χ1n) is 6.23. The van der Waals surface area contributed by atoms with E-state index in [0.717, 1.165) is 24.7 Å². The van der Waals surface area contributed by atoms with E-state index in [2.05, 4.69) is 11.8 Å². The smallest absolute Gasteiger partial charge is 0.0998 e. The lowest BCUT2D eigenvalue weighted by Gasteiger charge is -2.48. The van der Waals surface area contributed by atoms with Gasteiger partial charge in [-0.2, -0.15) is 0 Å². The molecule has 2 nitrogen and oxygen atoms in total. The summed E-state index contributed by atoms with van der Waals surface area (Å²) in [5.41, 5.74) is 0. The first kappa shape index (κ1) is 9.17. The van der Waals surface area contributed by atoms with Gasteiger partial charge >= 0.3 is 0 Å². The summed E-state index contributed by atoms with van der Waals surface area (Å²) in [5, 5.41) is 0. The molecule has 0 unspecified atom stereocenters. The molecule has 0 aromatic heterocycles. The number of fused-ring (bicyclic) bond motifs is 3. The number of hydrogen-bond acceptors (Lipinski definition) is 2. The molecule has 2 aliphatic heterocycles. The average Bonchev–Trinajstić information content (AvgIpc) is 2.66. The normalized spacial score (nSPS) is 48.6. The summed E-state index contributed by atoms with van der Waals surface area (Å²) in [4.78, 5) is 2.62. The summed E-state index contributed by atoms with van der Waals surface area (Å²) in [6.07, 6.45) is 8.98. The predicted octanol–water partition coefficient (Wildman–Crippen LogP) is 2.39. The minimum Gasteiger partial charge on any atom is -0.362 e. The monoisotopic (exact) mass is 195 g/mol. The van der Waals surface area contributed by atoms with Gasteiger partial charge in [0.2, 0.25) is 0 Å². The Morgan fingerprint density at radius 2 is 1.93 bits per heavy atom. The van der Waals surface area contributed by atoms with Gasteiger partial charge in [0.1, 0.15) is 0 Å². The third-order valence-electron chi connectivity index (χ3n) is 4.55.